The van der Waals surface area contributed by atoms with Crippen molar-refractivity contribution in [3.63, 3.8) is 0 Å². The smallest absolute Gasteiger partial charge is 0.160 e. The summed E-state index contributed by atoms with van der Waals surface area (Å²) in [7, 11) is 0. The Morgan fingerprint density at radius 3 is 2.40 bits per heavy atom. The van der Waals surface area contributed by atoms with Gasteiger partial charge in [0.1, 0.15) is 0 Å². The molecule has 0 aliphatic carbocycles. The largest absolute Gasteiger partial charge is 0.505 e. The Morgan fingerprint density at radius 1 is 1.07 bits per heavy atom. The van der Waals surface area contributed by atoms with Crippen molar-refractivity contribution in [1.82, 2.24) is 9.97 Å². The molecule has 0 aliphatic rings. The van der Waals surface area contributed by atoms with Gasteiger partial charge in [-0.1, -0.05) is 29.3 Å². The molecule has 0 spiro atoms. The molecule has 0 bridgehead atoms. The molecule has 2 aromatic rings. The predicted octanol–water partition coefficient (Wildman–Crippen LogP) is 3.16. The van der Waals surface area contributed by atoms with Crippen LogP contribution in [0.4, 0.5) is 0 Å². The van der Waals surface area contributed by atoms with E-state index < -0.39 is 0 Å². The molecule has 76 valence electrons. The molecular formula is C10H6Cl2N2O. The molecule has 1 aromatic carbocycles. The van der Waals surface area contributed by atoms with Gasteiger partial charge < -0.3 is 5.11 Å². The van der Waals surface area contributed by atoms with Crippen LogP contribution in [-0.2, 0) is 0 Å². The number of nitrogens with zero attached hydrogens (tertiary/aromatic N) is 2. The standard InChI is InChI=1S/C10H6Cl2N2O/c11-8-3-1-2-7(9(8)12)10-13-4-6(15)5-14-10/h1-5,15H. The Kier molecular flexibility index (Phi) is 2.75. The average molecular weight is 241 g/mol. The molecule has 3 nitrogen and oxygen atoms in total. The van der Waals surface area contributed by atoms with E-state index in [0.29, 0.717) is 21.4 Å². The number of rotatable bonds is 1. The molecule has 0 unspecified atom stereocenters. The second kappa shape index (κ2) is 4.04. The van der Waals surface area contributed by atoms with E-state index in [2.05, 4.69) is 9.97 Å². The van der Waals surface area contributed by atoms with Crippen molar-refractivity contribution in [3.8, 4) is 17.1 Å². The van der Waals surface area contributed by atoms with Crippen LogP contribution in [0.15, 0.2) is 30.6 Å². The Balaban J connectivity index is 2.54. The molecule has 0 radical (unpaired) electrons. The number of hydrogen-bond donors (Lipinski definition) is 1. The Labute approximate surface area is 96.3 Å². The molecule has 0 fully saturated rings. The van der Waals surface area contributed by atoms with Crippen molar-refractivity contribution in [2.75, 3.05) is 0 Å². The van der Waals surface area contributed by atoms with Crippen LogP contribution in [0.2, 0.25) is 10.0 Å². The summed E-state index contributed by atoms with van der Waals surface area (Å²) >= 11 is 11.9. The first-order valence-electron chi connectivity index (χ1n) is 4.14. The minimum Gasteiger partial charge on any atom is -0.505 e. The summed E-state index contributed by atoms with van der Waals surface area (Å²) in [6.07, 6.45) is 2.61. The summed E-state index contributed by atoms with van der Waals surface area (Å²) in [5.74, 6) is 0.442. The second-order valence-electron chi connectivity index (χ2n) is 2.87. The third-order valence-corrected chi connectivity index (χ3v) is 2.65. The maximum absolute atomic E-state index is 9.04. The van der Waals surface area contributed by atoms with Crippen LogP contribution in [0.25, 0.3) is 11.4 Å². The second-order valence-corrected chi connectivity index (χ2v) is 3.65. The molecule has 0 atom stereocenters. The van der Waals surface area contributed by atoms with Gasteiger partial charge in [0.25, 0.3) is 0 Å². The summed E-state index contributed by atoms with van der Waals surface area (Å²) in [6, 6.07) is 5.22. The van der Waals surface area contributed by atoms with E-state index in [-0.39, 0.29) is 5.75 Å². The fraction of sp³-hybridized carbons (Fsp3) is 0. The highest BCUT2D eigenvalue weighted by Gasteiger charge is 2.08. The molecule has 0 aliphatic heterocycles. The highest BCUT2D eigenvalue weighted by molar-refractivity contribution is 6.43. The summed E-state index contributed by atoms with van der Waals surface area (Å²) in [6.45, 7) is 0. The Morgan fingerprint density at radius 2 is 1.73 bits per heavy atom. The van der Waals surface area contributed by atoms with Gasteiger partial charge in [-0.25, -0.2) is 9.97 Å². The minimum atomic E-state index is 0.0110. The molecule has 0 saturated heterocycles. The molecule has 1 N–H and O–H groups in total. The van der Waals surface area contributed by atoms with Crippen molar-refractivity contribution in [2.45, 2.75) is 0 Å². The molecule has 5 heteroatoms. The first-order valence-corrected chi connectivity index (χ1v) is 4.89. The van der Waals surface area contributed by atoms with Gasteiger partial charge >= 0.3 is 0 Å². The lowest BCUT2D eigenvalue weighted by molar-refractivity contribution is 0.470. The third kappa shape index (κ3) is 2.03. The maximum atomic E-state index is 9.04. The first kappa shape index (κ1) is 10.2. The first-order chi connectivity index (χ1) is 7.18. The van der Waals surface area contributed by atoms with E-state index in [1.54, 1.807) is 18.2 Å². The average Bonchev–Trinajstić information content (AvgIpc) is 2.24. The fourth-order valence-corrected chi connectivity index (χ4v) is 1.52. The van der Waals surface area contributed by atoms with Gasteiger partial charge in [-0.3, -0.25) is 0 Å². The van der Waals surface area contributed by atoms with E-state index in [1.807, 2.05) is 0 Å². The van der Waals surface area contributed by atoms with Crippen molar-refractivity contribution >= 4 is 23.2 Å². The van der Waals surface area contributed by atoms with E-state index in [4.69, 9.17) is 28.3 Å². The van der Waals surface area contributed by atoms with Crippen LogP contribution in [0.1, 0.15) is 0 Å². The maximum Gasteiger partial charge on any atom is 0.160 e. The Hall–Kier alpha value is -1.32. The zero-order chi connectivity index (χ0) is 10.8. The van der Waals surface area contributed by atoms with Crippen molar-refractivity contribution in [2.24, 2.45) is 0 Å². The predicted molar refractivity (Wildman–Crippen MR) is 59.2 cm³/mol. The molecule has 15 heavy (non-hydrogen) atoms. The van der Waals surface area contributed by atoms with E-state index in [0.717, 1.165) is 0 Å². The van der Waals surface area contributed by atoms with Gasteiger partial charge in [0.2, 0.25) is 0 Å². The van der Waals surface area contributed by atoms with Crippen LogP contribution >= 0.6 is 23.2 Å². The van der Waals surface area contributed by atoms with E-state index >= 15 is 0 Å². The summed E-state index contributed by atoms with van der Waals surface area (Å²) in [4.78, 5) is 7.89. The van der Waals surface area contributed by atoms with Gasteiger partial charge in [0.05, 0.1) is 22.4 Å². The number of aromatic hydroxyl groups is 1. The highest BCUT2D eigenvalue weighted by atomic mass is 35.5. The topological polar surface area (TPSA) is 46.0 Å². The van der Waals surface area contributed by atoms with Crippen molar-refractivity contribution in [3.05, 3.63) is 40.6 Å². The number of hydrogen-bond acceptors (Lipinski definition) is 3. The summed E-state index contributed by atoms with van der Waals surface area (Å²) < 4.78 is 0. The summed E-state index contributed by atoms with van der Waals surface area (Å²) in [5.41, 5.74) is 0.643. The third-order valence-electron chi connectivity index (χ3n) is 1.83. The molecular weight excluding hydrogens is 235 g/mol. The number of aromatic nitrogens is 2. The van der Waals surface area contributed by atoms with Gasteiger partial charge in [-0.05, 0) is 12.1 Å². The SMILES string of the molecule is Oc1cnc(-c2cccc(Cl)c2Cl)nc1. The molecule has 0 amide bonds. The van der Waals surface area contributed by atoms with Crippen molar-refractivity contribution < 1.29 is 5.11 Å². The van der Waals surface area contributed by atoms with E-state index in [1.165, 1.54) is 12.4 Å². The number of benzene rings is 1. The number of halogens is 2. The lowest BCUT2D eigenvalue weighted by Crippen LogP contribution is -1.88. The van der Waals surface area contributed by atoms with Gasteiger partial charge in [0.15, 0.2) is 11.6 Å². The van der Waals surface area contributed by atoms with Crippen LogP contribution in [0.3, 0.4) is 0 Å². The molecule has 0 saturated carbocycles. The van der Waals surface area contributed by atoms with Gasteiger partial charge in [-0.2, -0.15) is 0 Å². The van der Waals surface area contributed by atoms with Crippen LogP contribution in [0.5, 0.6) is 5.75 Å². The molecule has 2 rings (SSSR count). The monoisotopic (exact) mass is 240 g/mol. The lowest BCUT2D eigenvalue weighted by atomic mass is 10.2. The quantitative estimate of drug-likeness (QED) is 0.833. The minimum absolute atomic E-state index is 0.0110. The van der Waals surface area contributed by atoms with Crippen molar-refractivity contribution in [1.29, 1.82) is 0 Å². The lowest BCUT2D eigenvalue weighted by Gasteiger charge is -2.03. The molecule has 1 aromatic heterocycles. The molecule has 1 heterocycles. The van der Waals surface area contributed by atoms with Crippen LogP contribution < -0.4 is 0 Å². The van der Waals surface area contributed by atoms with Crippen LogP contribution in [-0.4, -0.2) is 15.1 Å². The Bertz CT molecular complexity index is 485. The zero-order valence-corrected chi connectivity index (χ0v) is 9.00. The fourth-order valence-electron chi connectivity index (χ4n) is 1.14. The summed E-state index contributed by atoms with van der Waals surface area (Å²) in [5, 5.41) is 9.90. The van der Waals surface area contributed by atoms with Crippen LogP contribution in [0, 0.1) is 0 Å². The highest BCUT2D eigenvalue weighted by Crippen LogP contribution is 2.31. The van der Waals surface area contributed by atoms with Gasteiger partial charge in [-0.15, -0.1) is 0 Å². The zero-order valence-electron chi connectivity index (χ0n) is 7.48. The van der Waals surface area contributed by atoms with Gasteiger partial charge in [0, 0.05) is 5.56 Å². The normalized spacial score (nSPS) is 10.3. The van der Waals surface area contributed by atoms with E-state index in [9.17, 15) is 0 Å².